The fourth-order valence-corrected chi connectivity index (χ4v) is 2.93. The summed E-state index contributed by atoms with van der Waals surface area (Å²) in [5.74, 6) is -0.746. The van der Waals surface area contributed by atoms with Crippen molar-refractivity contribution in [1.29, 1.82) is 5.26 Å². The molecule has 0 heterocycles. The fraction of sp³-hybridized carbons (Fsp3) is 0.0714. The molecule has 0 aliphatic carbocycles. The van der Waals surface area contributed by atoms with Gasteiger partial charge in [0.25, 0.3) is 0 Å². The van der Waals surface area contributed by atoms with E-state index >= 15 is 0 Å². The number of benzene rings is 2. The molecule has 108 valence electrons. The maximum absolute atomic E-state index is 13.2. The van der Waals surface area contributed by atoms with Crippen molar-refractivity contribution in [3.8, 4) is 6.07 Å². The monoisotopic (exact) mass is 368 g/mol. The number of rotatable bonds is 4. The molecule has 0 amide bonds. The molecule has 2 aromatic carbocycles. The van der Waals surface area contributed by atoms with Gasteiger partial charge >= 0.3 is 0 Å². The van der Waals surface area contributed by atoms with E-state index in [4.69, 9.17) is 5.26 Å². The Hall–Kier alpha value is -1.75. The van der Waals surface area contributed by atoms with Crippen LogP contribution in [0.5, 0.6) is 0 Å². The van der Waals surface area contributed by atoms with Crippen LogP contribution >= 0.6 is 15.9 Å². The van der Waals surface area contributed by atoms with Gasteiger partial charge in [0.1, 0.15) is 11.9 Å². The first kappa shape index (κ1) is 15.6. The van der Waals surface area contributed by atoms with Gasteiger partial charge in [-0.05, 0) is 35.9 Å². The van der Waals surface area contributed by atoms with Gasteiger partial charge in [-0.15, -0.1) is 0 Å². The molecule has 2 aromatic rings. The molecule has 0 saturated heterocycles. The van der Waals surface area contributed by atoms with Crippen LogP contribution in [0.4, 0.5) is 4.39 Å². The number of nitrogens with zero attached hydrogens (tertiary/aromatic N) is 1. The minimum Gasteiger partial charge on any atom is -0.207 e. The summed E-state index contributed by atoms with van der Waals surface area (Å²) >= 11 is 3.29. The summed E-state index contributed by atoms with van der Waals surface area (Å²) in [4.78, 5) is -0.141. The summed E-state index contributed by atoms with van der Waals surface area (Å²) in [5.41, 5.74) is 0.478. The van der Waals surface area contributed by atoms with Crippen LogP contribution < -0.4 is 4.72 Å². The third-order valence-electron chi connectivity index (χ3n) is 2.75. The standard InChI is InChI=1S/C14H10BrFN2O2S/c15-12-3-1-10(2-4-12)9-18-21(19,20)13-5-6-14(16)11(7-13)8-17/h1-7,18H,9H2. The van der Waals surface area contributed by atoms with Gasteiger partial charge in [0.2, 0.25) is 10.0 Å². The molecule has 0 atom stereocenters. The summed E-state index contributed by atoms with van der Waals surface area (Å²) in [6.45, 7) is 0.106. The fourth-order valence-electron chi connectivity index (χ4n) is 1.62. The van der Waals surface area contributed by atoms with Gasteiger partial charge in [-0.3, -0.25) is 0 Å². The molecule has 0 aromatic heterocycles. The second kappa shape index (κ2) is 6.35. The average Bonchev–Trinajstić information content (AvgIpc) is 2.47. The van der Waals surface area contributed by atoms with Crippen LogP contribution in [-0.2, 0) is 16.6 Å². The van der Waals surface area contributed by atoms with Crippen molar-refractivity contribution in [3.63, 3.8) is 0 Å². The van der Waals surface area contributed by atoms with Crippen LogP contribution in [-0.4, -0.2) is 8.42 Å². The van der Waals surface area contributed by atoms with Crippen molar-refractivity contribution in [3.05, 3.63) is 63.9 Å². The summed E-state index contributed by atoms with van der Waals surface area (Å²) in [5, 5.41) is 8.73. The first-order valence-corrected chi connectivity index (χ1v) is 8.14. The van der Waals surface area contributed by atoms with Crippen molar-refractivity contribution in [2.24, 2.45) is 0 Å². The molecule has 0 fully saturated rings. The number of hydrogen-bond donors (Lipinski definition) is 1. The lowest BCUT2D eigenvalue weighted by atomic mass is 10.2. The van der Waals surface area contributed by atoms with Crippen molar-refractivity contribution >= 4 is 26.0 Å². The van der Waals surface area contributed by atoms with E-state index in [0.29, 0.717) is 0 Å². The lowest BCUT2D eigenvalue weighted by molar-refractivity contribution is 0.580. The molecule has 0 unspecified atom stereocenters. The zero-order chi connectivity index (χ0) is 15.5. The largest absolute Gasteiger partial charge is 0.240 e. The Kier molecular flexibility index (Phi) is 4.73. The second-order valence-electron chi connectivity index (χ2n) is 4.20. The lowest BCUT2D eigenvalue weighted by Crippen LogP contribution is -2.23. The van der Waals surface area contributed by atoms with Crippen molar-refractivity contribution in [1.82, 2.24) is 4.72 Å². The minimum absolute atomic E-state index is 0.106. The molecule has 1 N–H and O–H groups in total. The summed E-state index contributed by atoms with van der Waals surface area (Å²) in [7, 11) is -3.80. The van der Waals surface area contributed by atoms with E-state index in [1.54, 1.807) is 30.3 Å². The maximum atomic E-state index is 13.2. The van der Waals surface area contributed by atoms with Crippen LogP contribution in [0.1, 0.15) is 11.1 Å². The highest BCUT2D eigenvalue weighted by Gasteiger charge is 2.16. The van der Waals surface area contributed by atoms with Crippen LogP contribution in [0.25, 0.3) is 0 Å². The number of nitriles is 1. The SMILES string of the molecule is N#Cc1cc(S(=O)(=O)NCc2ccc(Br)cc2)ccc1F. The average molecular weight is 369 g/mol. The van der Waals surface area contributed by atoms with Crippen LogP contribution in [0.15, 0.2) is 51.8 Å². The van der Waals surface area contributed by atoms with E-state index in [-0.39, 0.29) is 17.0 Å². The van der Waals surface area contributed by atoms with E-state index in [9.17, 15) is 12.8 Å². The minimum atomic E-state index is -3.80. The van der Waals surface area contributed by atoms with Crippen molar-refractivity contribution in [2.45, 2.75) is 11.4 Å². The topological polar surface area (TPSA) is 70.0 Å². The highest BCUT2D eigenvalue weighted by Crippen LogP contribution is 2.15. The van der Waals surface area contributed by atoms with E-state index < -0.39 is 15.8 Å². The summed E-state index contributed by atoms with van der Waals surface area (Å²) in [6, 6.07) is 11.9. The molecular formula is C14H10BrFN2O2S. The van der Waals surface area contributed by atoms with Crippen LogP contribution in [0, 0.1) is 17.1 Å². The third-order valence-corrected chi connectivity index (χ3v) is 4.68. The second-order valence-corrected chi connectivity index (χ2v) is 6.89. The van der Waals surface area contributed by atoms with E-state index in [2.05, 4.69) is 20.7 Å². The molecular weight excluding hydrogens is 359 g/mol. The zero-order valence-electron chi connectivity index (χ0n) is 10.7. The molecule has 0 bridgehead atoms. The normalized spacial score (nSPS) is 11.1. The quantitative estimate of drug-likeness (QED) is 0.901. The molecule has 0 saturated carbocycles. The Morgan fingerprint density at radius 3 is 2.48 bits per heavy atom. The molecule has 4 nitrogen and oxygen atoms in total. The third kappa shape index (κ3) is 3.88. The molecule has 0 aliphatic rings. The van der Waals surface area contributed by atoms with Crippen LogP contribution in [0.2, 0.25) is 0 Å². The molecule has 2 rings (SSSR count). The van der Waals surface area contributed by atoms with Gasteiger partial charge in [-0.25, -0.2) is 17.5 Å². The predicted octanol–water partition coefficient (Wildman–Crippen LogP) is 2.94. The van der Waals surface area contributed by atoms with E-state index in [0.717, 1.165) is 28.2 Å². The number of nitrogens with one attached hydrogen (secondary N) is 1. The summed E-state index contributed by atoms with van der Waals surface area (Å²) in [6.07, 6.45) is 0. The maximum Gasteiger partial charge on any atom is 0.240 e. The number of hydrogen-bond acceptors (Lipinski definition) is 3. The Balaban J connectivity index is 2.19. The summed E-state index contributed by atoms with van der Waals surface area (Å²) < 4.78 is 40.7. The first-order valence-electron chi connectivity index (χ1n) is 5.86. The highest BCUT2D eigenvalue weighted by molar-refractivity contribution is 9.10. The Morgan fingerprint density at radius 2 is 1.86 bits per heavy atom. The van der Waals surface area contributed by atoms with Gasteiger partial charge in [-0.2, -0.15) is 5.26 Å². The smallest absolute Gasteiger partial charge is 0.207 e. The van der Waals surface area contributed by atoms with Gasteiger partial charge in [0.15, 0.2) is 0 Å². The Morgan fingerprint density at radius 1 is 1.19 bits per heavy atom. The Labute approximate surface area is 130 Å². The number of halogens is 2. The lowest BCUT2D eigenvalue weighted by Gasteiger charge is -2.07. The number of sulfonamides is 1. The van der Waals surface area contributed by atoms with Gasteiger partial charge in [0.05, 0.1) is 10.5 Å². The van der Waals surface area contributed by atoms with E-state index in [1.165, 1.54) is 0 Å². The van der Waals surface area contributed by atoms with Gasteiger partial charge in [0, 0.05) is 11.0 Å². The zero-order valence-corrected chi connectivity index (χ0v) is 13.1. The molecule has 0 aliphatic heterocycles. The molecule has 0 radical (unpaired) electrons. The molecule has 7 heteroatoms. The highest BCUT2D eigenvalue weighted by atomic mass is 79.9. The predicted molar refractivity (Wildman–Crippen MR) is 79.3 cm³/mol. The van der Waals surface area contributed by atoms with Crippen LogP contribution in [0.3, 0.4) is 0 Å². The molecule has 0 spiro atoms. The van der Waals surface area contributed by atoms with Crippen molar-refractivity contribution < 1.29 is 12.8 Å². The molecule has 21 heavy (non-hydrogen) atoms. The Bertz CT molecular complexity index is 799. The van der Waals surface area contributed by atoms with Gasteiger partial charge in [-0.1, -0.05) is 28.1 Å². The van der Waals surface area contributed by atoms with E-state index in [1.807, 2.05) is 0 Å². The van der Waals surface area contributed by atoms with Crippen molar-refractivity contribution in [2.75, 3.05) is 0 Å². The van der Waals surface area contributed by atoms with Gasteiger partial charge < -0.3 is 0 Å². The first-order chi connectivity index (χ1) is 9.92.